The van der Waals surface area contributed by atoms with Crippen LogP contribution < -0.4 is 20.4 Å². The molecule has 0 saturated carbocycles. The zero-order valence-corrected chi connectivity index (χ0v) is 11.8. The summed E-state index contributed by atoms with van der Waals surface area (Å²) >= 11 is 0. The minimum absolute atomic E-state index is 0. The van der Waals surface area contributed by atoms with Gasteiger partial charge in [0.25, 0.3) is 0 Å². The first kappa shape index (κ1) is 25.7. The molecule has 0 aliphatic carbocycles. The summed E-state index contributed by atoms with van der Waals surface area (Å²) in [6, 6.07) is 0. The minimum atomic E-state index is -1.55. The van der Waals surface area contributed by atoms with E-state index in [0.29, 0.717) is 24.3 Å². The first-order valence-corrected chi connectivity index (χ1v) is 3.45. The first-order valence-electron chi connectivity index (χ1n) is 3.45. The molecule has 0 rings (SSSR count). The Morgan fingerprint density at radius 1 is 0.500 bits per heavy atom. The molecule has 0 aliphatic rings. The summed E-state index contributed by atoms with van der Waals surface area (Å²) in [5.41, 5.74) is 0. The molecule has 0 aromatic heterocycles. The third-order valence-electron chi connectivity index (χ3n) is 0.711. The van der Waals surface area contributed by atoms with Crippen molar-refractivity contribution in [2.24, 2.45) is 0 Å². The van der Waals surface area contributed by atoms with E-state index in [-0.39, 0.29) is 46.1 Å². The maximum atomic E-state index is 9.41. The standard InChI is InChI=1S/2C4H4O4.2Mg/c2*5-3(6)1-2-4(7)8;;/h2*1-2H,(H,5,6)(H,7,8);;/q;;2*+2/p-4/b2*2-1-;;. The molecule has 88 valence electrons. The summed E-state index contributed by atoms with van der Waals surface area (Å²) < 4.78 is 0. The normalized spacial score (nSPS) is 8.44. The van der Waals surface area contributed by atoms with Gasteiger partial charge in [-0.1, -0.05) is 0 Å². The fraction of sp³-hybridized carbons (Fsp3) is 0. The molecule has 0 aromatic rings. The van der Waals surface area contributed by atoms with Crippen molar-refractivity contribution in [1.29, 1.82) is 0 Å². The van der Waals surface area contributed by atoms with Gasteiger partial charge in [0.15, 0.2) is 0 Å². The Hall–Kier alpha value is -1.11. The van der Waals surface area contributed by atoms with Crippen molar-refractivity contribution >= 4 is 70.0 Å². The Labute approximate surface area is 133 Å². The maximum absolute atomic E-state index is 9.41. The second-order valence-electron chi connectivity index (χ2n) is 1.94. The summed E-state index contributed by atoms with van der Waals surface area (Å²) in [6.45, 7) is 0. The second kappa shape index (κ2) is 15.9. The van der Waals surface area contributed by atoms with E-state index in [1.54, 1.807) is 0 Å². The molecule has 0 fully saturated rings. The van der Waals surface area contributed by atoms with E-state index in [1.807, 2.05) is 0 Å². The van der Waals surface area contributed by atoms with E-state index >= 15 is 0 Å². The van der Waals surface area contributed by atoms with Crippen LogP contribution in [0.1, 0.15) is 0 Å². The third kappa shape index (κ3) is 36.3. The van der Waals surface area contributed by atoms with Gasteiger partial charge in [0.1, 0.15) is 0 Å². The number of rotatable bonds is 4. The zero-order chi connectivity index (χ0) is 13.1. The second-order valence-corrected chi connectivity index (χ2v) is 1.94. The van der Waals surface area contributed by atoms with Crippen molar-refractivity contribution in [3.63, 3.8) is 0 Å². The SMILES string of the molecule is O=C([O-])/C=C\C(=O)[O-].O=C([O-])/C=C\C(=O)[O-].[Mg+2].[Mg+2]. The van der Waals surface area contributed by atoms with Gasteiger partial charge >= 0.3 is 46.1 Å². The molecule has 0 atom stereocenters. The van der Waals surface area contributed by atoms with Crippen LogP contribution in [0.5, 0.6) is 0 Å². The van der Waals surface area contributed by atoms with Crippen LogP contribution in [0.4, 0.5) is 0 Å². The van der Waals surface area contributed by atoms with Crippen LogP contribution in [0.2, 0.25) is 0 Å². The average molecular weight is 277 g/mol. The van der Waals surface area contributed by atoms with Crippen LogP contribution in [0.3, 0.4) is 0 Å². The van der Waals surface area contributed by atoms with Crippen LogP contribution >= 0.6 is 0 Å². The molecule has 0 spiro atoms. The number of aliphatic carboxylic acids is 4. The van der Waals surface area contributed by atoms with Gasteiger partial charge in [-0.25, -0.2) is 0 Å². The number of carboxylic acids is 4. The molecule has 0 saturated heterocycles. The quantitative estimate of drug-likeness (QED) is 0.361. The van der Waals surface area contributed by atoms with Crippen molar-refractivity contribution in [3.8, 4) is 0 Å². The van der Waals surface area contributed by atoms with Gasteiger partial charge in [-0.05, 0) is 24.3 Å². The zero-order valence-electron chi connectivity index (χ0n) is 8.99. The Bertz CT molecular complexity index is 281. The van der Waals surface area contributed by atoms with E-state index in [4.69, 9.17) is 0 Å². The van der Waals surface area contributed by atoms with Crippen molar-refractivity contribution in [1.82, 2.24) is 0 Å². The number of carbonyl (C=O) groups is 4. The molecule has 0 amide bonds. The fourth-order valence-electron chi connectivity index (χ4n) is 0.272. The average Bonchev–Trinajstić information content (AvgIpc) is 2.12. The van der Waals surface area contributed by atoms with Gasteiger partial charge in [0.05, 0.1) is 23.9 Å². The molecule has 0 N–H and O–H groups in total. The van der Waals surface area contributed by atoms with E-state index < -0.39 is 23.9 Å². The molecule has 0 radical (unpaired) electrons. The number of hydrogen-bond acceptors (Lipinski definition) is 8. The smallest absolute Gasteiger partial charge is 0.545 e. The first-order chi connectivity index (χ1) is 7.25. The molecule has 8 nitrogen and oxygen atoms in total. The molecule has 0 aromatic carbocycles. The monoisotopic (exact) mass is 276 g/mol. The molecule has 0 aliphatic heterocycles. The van der Waals surface area contributed by atoms with Gasteiger partial charge < -0.3 is 39.6 Å². The third-order valence-corrected chi connectivity index (χ3v) is 0.711. The van der Waals surface area contributed by atoms with Crippen LogP contribution in [0, 0.1) is 0 Å². The van der Waals surface area contributed by atoms with Gasteiger partial charge in [-0.3, -0.25) is 0 Å². The van der Waals surface area contributed by atoms with Crippen molar-refractivity contribution in [3.05, 3.63) is 24.3 Å². The maximum Gasteiger partial charge on any atom is 2.00 e. The molecule has 0 heterocycles. The van der Waals surface area contributed by atoms with E-state index in [9.17, 15) is 39.6 Å². The Morgan fingerprint density at radius 2 is 0.611 bits per heavy atom. The fourth-order valence-corrected chi connectivity index (χ4v) is 0.272. The van der Waals surface area contributed by atoms with Gasteiger partial charge in [0.2, 0.25) is 0 Å². The predicted molar refractivity (Wildman–Crippen MR) is 49.8 cm³/mol. The van der Waals surface area contributed by atoms with Crippen LogP contribution in [0.15, 0.2) is 24.3 Å². The Balaban J connectivity index is -0.0000000980. The number of carboxylic acid groups (broad SMARTS) is 4. The van der Waals surface area contributed by atoms with Crippen LogP contribution in [0.25, 0.3) is 0 Å². The molecule has 10 heteroatoms. The largest absolute Gasteiger partial charge is 2.00 e. The molecular formula is C8H4Mg2O8. The van der Waals surface area contributed by atoms with Gasteiger partial charge in [-0.2, -0.15) is 0 Å². The molecular weight excluding hydrogens is 273 g/mol. The minimum Gasteiger partial charge on any atom is -0.545 e. The Morgan fingerprint density at radius 3 is 0.667 bits per heavy atom. The van der Waals surface area contributed by atoms with Crippen molar-refractivity contribution in [2.45, 2.75) is 0 Å². The van der Waals surface area contributed by atoms with Crippen LogP contribution in [-0.2, 0) is 19.2 Å². The van der Waals surface area contributed by atoms with Gasteiger partial charge in [0, 0.05) is 0 Å². The van der Waals surface area contributed by atoms with Gasteiger partial charge in [-0.15, -0.1) is 0 Å². The van der Waals surface area contributed by atoms with Crippen molar-refractivity contribution < 1.29 is 39.6 Å². The molecule has 0 bridgehead atoms. The molecule has 0 unspecified atom stereocenters. The van der Waals surface area contributed by atoms with E-state index in [1.165, 1.54) is 0 Å². The summed E-state index contributed by atoms with van der Waals surface area (Å²) in [4.78, 5) is 37.7. The predicted octanol–water partition coefficient (Wildman–Crippen LogP) is -6.68. The van der Waals surface area contributed by atoms with E-state index in [2.05, 4.69) is 0 Å². The van der Waals surface area contributed by atoms with Crippen molar-refractivity contribution in [2.75, 3.05) is 0 Å². The summed E-state index contributed by atoms with van der Waals surface area (Å²) in [7, 11) is 0. The summed E-state index contributed by atoms with van der Waals surface area (Å²) in [6.07, 6.45) is 1.54. The van der Waals surface area contributed by atoms with E-state index in [0.717, 1.165) is 0 Å². The Kier molecular flexibility index (Phi) is 22.7. The molecule has 18 heavy (non-hydrogen) atoms. The van der Waals surface area contributed by atoms with Crippen LogP contribution in [-0.4, -0.2) is 70.0 Å². The summed E-state index contributed by atoms with van der Waals surface area (Å²) in [5, 5.41) is 37.7. The topological polar surface area (TPSA) is 161 Å². The number of carbonyl (C=O) groups excluding carboxylic acids is 4. The number of hydrogen-bond donors (Lipinski definition) is 0. The summed E-state index contributed by atoms with van der Waals surface area (Å²) in [5.74, 6) is -6.19.